The number of nitrogens with one attached hydrogen (secondary N) is 1. The van der Waals surface area contributed by atoms with Crippen molar-refractivity contribution in [1.29, 1.82) is 0 Å². The van der Waals surface area contributed by atoms with Crippen molar-refractivity contribution in [3.05, 3.63) is 18.6 Å². The molecule has 0 spiro atoms. The van der Waals surface area contributed by atoms with E-state index in [0.717, 1.165) is 6.42 Å². The maximum absolute atomic E-state index is 12.3. The number of hydrogen-bond donors (Lipinski definition) is 5. The molecule has 0 saturated carbocycles. The van der Waals surface area contributed by atoms with Crippen LogP contribution in [0.5, 0.6) is 0 Å². The predicted molar refractivity (Wildman–Crippen MR) is 93.8 cm³/mol. The van der Waals surface area contributed by atoms with Gasteiger partial charge < -0.3 is 31.7 Å². The number of carbonyl (C=O) groups excluding carboxylic acids is 1. The van der Waals surface area contributed by atoms with Crippen molar-refractivity contribution >= 4 is 22.8 Å². The summed E-state index contributed by atoms with van der Waals surface area (Å²) in [6, 6.07) is 0.126. The first-order chi connectivity index (χ1) is 12.5. The molecule has 1 aliphatic rings. The second-order valence-corrected chi connectivity index (χ2v) is 6.39. The van der Waals surface area contributed by atoms with Crippen LogP contribution < -0.4 is 16.8 Å². The second-order valence-electron chi connectivity index (χ2n) is 6.39. The van der Waals surface area contributed by atoms with E-state index in [4.69, 9.17) is 16.2 Å². The van der Waals surface area contributed by atoms with Crippen LogP contribution in [0.25, 0.3) is 11.2 Å². The standard InChI is InChI=1S/C16H24N6O4/c1-2-3-9(18)15(25)21-12-13(24)10(6-23)26-16(12)22-7-20-11-8(17)4-5-19-14(11)22/h4-5,7,9-10,12-13,16,23-24H,2-3,6,18H2,1H3,(H2,17,19)(H,21,25)/t9?,10-,12?,13+,16-/m1/s1. The lowest BCUT2D eigenvalue weighted by molar-refractivity contribution is -0.124. The van der Waals surface area contributed by atoms with E-state index in [0.29, 0.717) is 23.3 Å². The van der Waals surface area contributed by atoms with Gasteiger partial charge >= 0.3 is 0 Å². The summed E-state index contributed by atoms with van der Waals surface area (Å²) in [7, 11) is 0. The third kappa shape index (κ3) is 3.23. The highest BCUT2D eigenvalue weighted by Gasteiger charge is 2.46. The van der Waals surface area contributed by atoms with Crippen LogP contribution in [0, 0.1) is 0 Å². The zero-order chi connectivity index (χ0) is 18.8. The van der Waals surface area contributed by atoms with Gasteiger partial charge in [0.05, 0.1) is 24.7 Å². The number of hydrogen-bond acceptors (Lipinski definition) is 8. The van der Waals surface area contributed by atoms with Gasteiger partial charge in [-0.05, 0) is 12.5 Å². The molecule has 0 radical (unpaired) electrons. The normalized spacial score (nSPS) is 26.9. The molecule has 7 N–H and O–H groups in total. The average Bonchev–Trinajstić information content (AvgIpc) is 3.18. The van der Waals surface area contributed by atoms with E-state index in [2.05, 4.69) is 15.3 Å². The Morgan fingerprint density at radius 2 is 2.27 bits per heavy atom. The number of anilines is 1. The first-order valence-corrected chi connectivity index (χ1v) is 8.55. The molecule has 26 heavy (non-hydrogen) atoms. The molecule has 1 fully saturated rings. The number of amides is 1. The Labute approximate surface area is 150 Å². The highest BCUT2D eigenvalue weighted by Crippen LogP contribution is 2.32. The minimum Gasteiger partial charge on any atom is -0.397 e. The van der Waals surface area contributed by atoms with Gasteiger partial charge in [-0.15, -0.1) is 0 Å². The minimum atomic E-state index is -1.11. The van der Waals surface area contributed by atoms with Gasteiger partial charge in [0.1, 0.15) is 23.8 Å². The number of carbonyl (C=O) groups is 1. The smallest absolute Gasteiger partial charge is 0.237 e. The SMILES string of the molecule is CCCC(N)C(=O)NC1[C@@H](O)[C@@H](CO)O[C@H]1n1cnc2c(N)ccnc21. The molecule has 2 aromatic heterocycles. The van der Waals surface area contributed by atoms with Gasteiger partial charge in [-0.25, -0.2) is 9.97 Å². The Morgan fingerprint density at radius 1 is 1.50 bits per heavy atom. The van der Waals surface area contributed by atoms with Crippen LogP contribution in [0.4, 0.5) is 5.69 Å². The van der Waals surface area contributed by atoms with Crippen LogP contribution in [0.3, 0.4) is 0 Å². The Bertz CT molecular complexity index is 781. The number of aromatic nitrogens is 3. The number of nitrogen functional groups attached to an aromatic ring is 1. The van der Waals surface area contributed by atoms with Gasteiger partial charge in [0, 0.05) is 6.20 Å². The van der Waals surface area contributed by atoms with Gasteiger partial charge in [-0.1, -0.05) is 13.3 Å². The molecule has 5 atom stereocenters. The number of fused-ring (bicyclic) bond motifs is 1. The fourth-order valence-corrected chi connectivity index (χ4v) is 3.14. The number of nitrogens with zero attached hydrogens (tertiary/aromatic N) is 3. The molecule has 3 heterocycles. The van der Waals surface area contributed by atoms with Crippen LogP contribution >= 0.6 is 0 Å². The van der Waals surface area contributed by atoms with Crippen molar-refractivity contribution in [2.24, 2.45) is 5.73 Å². The van der Waals surface area contributed by atoms with Gasteiger partial charge in [-0.2, -0.15) is 0 Å². The number of ether oxygens (including phenoxy) is 1. The fourth-order valence-electron chi connectivity index (χ4n) is 3.14. The summed E-state index contributed by atoms with van der Waals surface area (Å²) in [5.74, 6) is -0.389. The maximum Gasteiger partial charge on any atom is 0.237 e. The lowest BCUT2D eigenvalue weighted by Gasteiger charge is -2.24. The van der Waals surface area contributed by atoms with Crippen molar-refractivity contribution < 1.29 is 19.7 Å². The molecule has 2 aromatic rings. The average molecular weight is 364 g/mol. The zero-order valence-electron chi connectivity index (χ0n) is 14.4. The summed E-state index contributed by atoms with van der Waals surface area (Å²) < 4.78 is 7.34. The summed E-state index contributed by atoms with van der Waals surface area (Å²) >= 11 is 0. The molecule has 0 aliphatic carbocycles. The molecule has 1 amide bonds. The molecule has 2 unspecified atom stereocenters. The lowest BCUT2D eigenvalue weighted by atomic mass is 10.1. The van der Waals surface area contributed by atoms with Crippen molar-refractivity contribution in [1.82, 2.24) is 19.9 Å². The van der Waals surface area contributed by atoms with Crippen molar-refractivity contribution in [2.45, 2.75) is 50.3 Å². The molecule has 1 aliphatic heterocycles. The molecule has 0 bridgehead atoms. The third-order valence-electron chi connectivity index (χ3n) is 4.56. The maximum atomic E-state index is 12.3. The Morgan fingerprint density at radius 3 is 2.96 bits per heavy atom. The van der Waals surface area contributed by atoms with Crippen molar-refractivity contribution in [2.75, 3.05) is 12.3 Å². The molecule has 0 aromatic carbocycles. The topological polar surface area (TPSA) is 162 Å². The molecular formula is C16H24N6O4. The molecule has 3 rings (SSSR count). The number of rotatable bonds is 6. The second kappa shape index (κ2) is 7.54. The summed E-state index contributed by atoms with van der Waals surface area (Å²) in [5.41, 5.74) is 13.2. The number of nitrogens with two attached hydrogens (primary N) is 2. The van der Waals surface area contributed by atoms with Gasteiger partial charge in [-0.3, -0.25) is 9.36 Å². The monoisotopic (exact) mass is 364 g/mol. The van der Waals surface area contributed by atoms with E-state index in [1.165, 1.54) is 12.5 Å². The number of pyridine rings is 1. The van der Waals surface area contributed by atoms with Crippen LogP contribution in [0.15, 0.2) is 18.6 Å². The van der Waals surface area contributed by atoms with Crippen LogP contribution in [0.2, 0.25) is 0 Å². The Kier molecular flexibility index (Phi) is 5.37. The predicted octanol–water partition coefficient (Wildman–Crippen LogP) is -1.12. The molecule has 10 nitrogen and oxygen atoms in total. The fraction of sp³-hybridized carbons (Fsp3) is 0.562. The summed E-state index contributed by atoms with van der Waals surface area (Å²) in [5, 5.41) is 22.7. The van der Waals surface area contributed by atoms with Crippen molar-refractivity contribution in [3.63, 3.8) is 0 Å². The van der Waals surface area contributed by atoms with Crippen LogP contribution in [-0.2, 0) is 9.53 Å². The molecule has 1 saturated heterocycles. The number of imidazole rings is 1. The van der Waals surface area contributed by atoms with Gasteiger partial charge in [0.15, 0.2) is 11.9 Å². The molecular weight excluding hydrogens is 340 g/mol. The van der Waals surface area contributed by atoms with Gasteiger partial charge in [0.25, 0.3) is 0 Å². The first-order valence-electron chi connectivity index (χ1n) is 8.55. The molecule has 10 heteroatoms. The summed E-state index contributed by atoms with van der Waals surface area (Å²) in [4.78, 5) is 20.8. The van der Waals surface area contributed by atoms with Crippen molar-refractivity contribution in [3.8, 4) is 0 Å². The quantitative estimate of drug-likeness (QED) is 0.430. The van der Waals surface area contributed by atoms with E-state index >= 15 is 0 Å². The van der Waals surface area contributed by atoms with Gasteiger partial charge in [0.2, 0.25) is 5.91 Å². The first kappa shape index (κ1) is 18.5. The van der Waals surface area contributed by atoms with Crippen LogP contribution in [0.1, 0.15) is 26.0 Å². The zero-order valence-corrected chi connectivity index (χ0v) is 14.4. The lowest BCUT2D eigenvalue weighted by Crippen LogP contribution is -2.51. The van der Waals surface area contributed by atoms with E-state index in [1.54, 1.807) is 10.6 Å². The summed E-state index contributed by atoms with van der Waals surface area (Å²) in [6.07, 6.45) is 1.53. The van der Waals surface area contributed by atoms with Crippen LogP contribution in [-0.4, -0.2) is 61.6 Å². The van der Waals surface area contributed by atoms with E-state index in [-0.39, 0.29) is 5.91 Å². The third-order valence-corrected chi connectivity index (χ3v) is 4.56. The highest BCUT2D eigenvalue weighted by atomic mass is 16.5. The molecule has 142 valence electrons. The number of aliphatic hydroxyl groups is 2. The Hall–Kier alpha value is -2.27. The minimum absolute atomic E-state index is 0.389. The highest BCUT2D eigenvalue weighted by molar-refractivity contribution is 5.84. The van der Waals surface area contributed by atoms with E-state index in [1.807, 2.05) is 6.92 Å². The largest absolute Gasteiger partial charge is 0.397 e. The van der Waals surface area contributed by atoms with E-state index < -0.39 is 37.1 Å². The number of aliphatic hydroxyl groups excluding tert-OH is 2. The van der Waals surface area contributed by atoms with E-state index in [9.17, 15) is 15.0 Å². The summed E-state index contributed by atoms with van der Waals surface area (Å²) in [6.45, 7) is 1.53. The Balaban J connectivity index is 1.92.